The van der Waals surface area contributed by atoms with Crippen molar-refractivity contribution in [2.75, 3.05) is 7.05 Å². The van der Waals surface area contributed by atoms with Gasteiger partial charge >= 0.3 is 0 Å². The van der Waals surface area contributed by atoms with Crippen molar-refractivity contribution in [1.82, 2.24) is 4.72 Å². The third kappa shape index (κ3) is 3.92. The van der Waals surface area contributed by atoms with Crippen LogP contribution in [0.5, 0.6) is 0 Å². The highest BCUT2D eigenvalue weighted by molar-refractivity contribution is 7.93. The van der Waals surface area contributed by atoms with E-state index in [9.17, 15) is 24.3 Å². The van der Waals surface area contributed by atoms with Gasteiger partial charge in [-0.15, -0.1) is 4.36 Å². The standard InChI is InChI=1S/C33H46N4O3S/c1-8-32(12-13-32)14-16-33(41(40,36-7)37-21-35)15-11-30(5)23(19-33)24(38)17-26-29(4)18-22(20-34)27(39)28(2,3)25(29)9-10-31(26,30)6/h17-18,23,25H,8-16,19H2,1-7H3,(H,36,37,40)/t23-,25-,29-,30+,31+,33+,41?/m0/s1. The largest absolute Gasteiger partial charge is 0.295 e. The smallest absolute Gasteiger partial charge is 0.215 e. The van der Waals surface area contributed by atoms with E-state index >= 15 is 0 Å². The molecule has 0 aromatic rings. The molecular weight excluding hydrogens is 532 g/mol. The monoisotopic (exact) mass is 578 g/mol. The summed E-state index contributed by atoms with van der Waals surface area (Å²) >= 11 is 0. The van der Waals surface area contributed by atoms with E-state index in [1.54, 1.807) is 7.05 Å². The van der Waals surface area contributed by atoms with Gasteiger partial charge in [0.05, 0.1) is 10.3 Å². The maximum Gasteiger partial charge on any atom is 0.215 e. The summed E-state index contributed by atoms with van der Waals surface area (Å²) in [5, 5.41) is 19.5. The molecule has 1 N–H and O–H groups in total. The van der Waals surface area contributed by atoms with E-state index in [1.165, 1.54) is 12.8 Å². The molecule has 7 atom stereocenters. The highest BCUT2D eigenvalue weighted by Gasteiger charge is 2.68. The first kappa shape index (κ1) is 30.2. The zero-order valence-corrected chi connectivity index (χ0v) is 26.7. The number of carbonyl (C=O) groups is 2. The average molecular weight is 579 g/mol. The van der Waals surface area contributed by atoms with E-state index in [2.05, 4.69) is 42.8 Å². The van der Waals surface area contributed by atoms with Gasteiger partial charge in [0.15, 0.2) is 11.6 Å². The molecule has 0 amide bonds. The van der Waals surface area contributed by atoms with Crippen LogP contribution in [0.15, 0.2) is 27.7 Å². The lowest BCUT2D eigenvalue weighted by Crippen LogP contribution is -2.63. The van der Waals surface area contributed by atoms with Crippen LogP contribution in [0.4, 0.5) is 0 Å². The second-order valence-corrected chi connectivity index (χ2v) is 17.5. The Morgan fingerprint density at radius 3 is 2.29 bits per heavy atom. The molecular formula is C33H46N4O3S. The van der Waals surface area contributed by atoms with Crippen LogP contribution in [0.1, 0.15) is 106 Å². The Morgan fingerprint density at radius 1 is 1.05 bits per heavy atom. The van der Waals surface area contributed by atoms with Crippen LogP contribution in [0, 0.1) is 61.7 Å². The second kappa shape index (κ2) is 9.35. The second-order valence-electron chi connectivity index (χ2n) is 15.0. The van der Waals surface area contributed by atoms with Crippen molar-refractivity contribution in [3.63, 3.8) is 0 Å². The zero-order valence-electron chi connectivity index (χ0n) is 25.9. The quantitative estimate of drug-likeness (QED) is 0.357. The summed E-state index contributed by atoms with van der Waals surface area (Å²) in [6.45, 7) is 12.8. The molecule has 5 rings (SSSR count). The van der Waals surface area contributed by atoms with Gasteiger partial charge in [-0.05, 0) is 93.1 Å². The number of nitrogens with zero attached hydrogens (tertiary/aromatic N) is 3. The van der Waals surface area contributed by atoms with Gasteiger partial charge < -0.3 is 0 Å². The molecule has 0 heterocycles. The Labute approximate surface area is 246 Å². The molecule has 0 aliphatic heterocycles. The summed E-state index contributed by atoms with van der Waals surface area (Å²) in [4.78, 5) is 27.6. The molecule has 5 aliphatic carbocycles. The van der Waals surface area contributed by atoms with Crippen molar-refractivity contribution >= 4 is 21.5 Å². The normalized spacial score (nSPS) is 41.7. The van der Waals surface area contributed by atoms with Crippen LogP contribution in [0.3, 0.4) is 0 Å². The number of allylic oxidation sites excluding steroid dienone is 4. The van der Waals surface area contributed by atoms with Crippen LogP contribution in [0.25, 0.3) is 0 Å². The minimum Gasteiger partial charge on any atom is -0.295 e. The Hall–Kier alpha value is -2.29. The van der Waals surface area contributed by atoms with Crippen molar-refractivity contribution in [3.05, 3.63) is 23.3 Å². The van der Waals surface area contributed by atoms with E-state index in [4.69, 9.17) is 0 Å². The van der Waals surface area contributed by atoms with Crippen molar-refractivity contribution in [2.45, 2.75) is 110 Å². The van der Waals surface area contributed by atoms with Gasteiger partial charge in [0.25, 0.3) is 0 Å². The maximum atomic E-state index is 14.4. The topological polar surface area (TPSA) is 123 Å². The number of fused-ring (bicyclic) bond motifs is 5. The average Bonchev–Trinajstić information content (AvgIpc) is 3.72. The van der Waals surface area contributed by atoms with E-state index < -0.39 is 25.5 Å². The summed E-state index contributed by atoms with van der Waals surface area (Å²) in [7, 11) is -1.47. The fourth-order valence-electron chi connectivity index (χ4n) is 9.96. The van der Waals surface area contributed by atoms with Gasteiger partial charge in [0.2, 0.25) is 6.19 Å². The van der Waals surface area contributed by atoms with Gasteiger partial charge in [-0.3, -0.25) is 9.59 Å². The van der Waals surface area contributed by atoms with E-state index in [0.717, 1.165) is 31.3 Å². The molecule has 0 spiro atoms. The Kier molecular flexibility index (Phi) is 6.88. The SMILES string of the molecule is CCC1(CC[C@]2(S(=O)(=NC#N)NC)CC[C@]3(C)[C@@H](C2)C(=O)C=C2[C@@]4(C)C=C(C#N)C(=O)C(C)(C)[C@@H]4CC[C@]23C)CC1. The summed E-state index contributed by atoms with van der Waals surface area (Å²) in [5.74, 6) is -0.415. The first-order chi connectivity index (χ1) is 19.1. The zero-order chi connectivity index (χ0) is 30.3. The van der Waals surface area contributed by atoms with Crippen LogP contribution in [-0.4, -0.2) is 27.6 Å². The van der Waals surface area contributed by atoms with Crippen molar-refractivity contribution in [2.24, 2.45) is 43.3 Å². The summed E-state index contributed by atoms with van der Waals surface area (Å²) < 4.78 is 20.6. The number of nitriles is 2. The van der Waals surface area contributed by atoms with E-state index in [0.29, 0.717) is 25.7 Å². The fourth-order valence-corrected chi connectivity index (χ4v) is 11.9. The molecule has 0 bridgehead atoms. The van der Waals surface area contributed by atoms with Crippen molar-refractivity contribution in [3.8, 4) is 12.3 Å². The first-order valence-electron chi connectivity index (χ1n) is 15.4. The molecule has 222 valence electrons. The molecule has 0 saturated heterocycles. The number of carbonyl (C=O) groups excluding carboxylic acids is 2. The van der Waals surface area contributed by atoms with Crippen LogP contribution in [0.2, 0.25) is 0 Å². The molecule has 8 heteroatoms. The highest BCUT2D eigenvalue weighted by Crippen LogP contribution is 2.72. The van der Waals surface area contributed by atoms with E-state index in [1.807, 2.05) is 32.2 Å². The number of nitrogens with one attached hydrogen (secondary N) is 1. The lowest BCUT2D eigenvalue weighted by molar-refractivity contribution is -0.141. The predicted molar refractivity (Wildman–Crippen MR) is 159 cm³/mol. The molecule has 0 aromatic heterocycles. The van der Waals surface area contributed by atoms with Gasteiger partial charge in [-0.1, -0.05) is 59.6 Å². The molecule has 1 unspecified atom stereocenters. The Balaban J connectivity index is 1.62. The van der Waals surface area contributed by atoms with Gasteiger partial charge in [0, 0.05) is 16.7 Å². The molecule has 7 nitrogen and oxygen atoms in total. The summed E-state index contributed by atoms with van der Waals surface area (Å²) in [6, 6.07) is 2.16. The molecule has 5 aliphatic rings. The van der Waals surface area contributed by atoms with Crippen LogP contribution in [-0.2, 0) is 19.5 Å². The maximum absolute atomic E-state index is 14.4. The number of hydrogen-bond acceptors (Lipinski definition) is 6. The Morgan fingerprint density at radius 2 is 1.73 bits per heavy atom. The highest BCUT2D eigenvalue weighted by atomic mass is 32.2. The third-order valence-corrected chi connectivity index (χ3v) is 15.9. The molecule has 3 saturated carbocycles. The molecule has 3 fully saturated rings. The lowest BCUT2D eigenvalue weighted by Gasteiger charge is -2.66. The fraction of sp³-hybridized carbons (Fsp3) is 0.758. The number of Topliss-reactive ketones (excluding diaryl/α,β-unsaturated/α-hetero) is 1. The van der Waals surface area contributed by atoms with Crippen molar-refractivity contribution < 1.29 is 13.8 Å². The minimum atomic E-state index is -3.10. The van der Waals surface area contributed by atoms with E-state index in [-0.39, 0.29) is 45.2 Å². The van der Waals surface area contributed by atoms with Crippen LogP contribution < -0.4 is 4.72 Å². The van der Waals surface area contributed by atoms with Crippen LogP contribution >= 0.6 is 0 Å². The van der Waals surface area contributed by atoms with Gasteiger partial charge in [0.1, 0.15) is 16.0 Å². The van der Waals surface area contributed by atoms with Gasteiger partial charge in [-0.25, -0.2) is 8.93 Å². The predicted octanol–water partition coefficient (Wildman–Crippen LogP) is 6.58. The third-order valence-electron chi connectivity index (χ3n) is 13.3. The molecule has 0 aromatic carbocycles. The first-order valence-corrected chi connectivity index (χ1v) is 16.9. The van der Waals surface area contributed by atoms with Gasteiger partial charge in [-0.2, -0.15) is 10.5 Å². The summed E-state index contributed by atoms with van der Waals surface area (Å²) in [6.07, 6.45) is 14.0. The summed E-state index contributed by atoms with van der Waals surface area (Å²) in [5.41, 5.74) is -0.475. The lowest BCUT2D eigenvalue weighted by atomic mass is 9.37. The number of rotatable bonds is 6. The number of hydrogen-bond donors (Lipinski definition) is 1. The minimum absolute atomic E-state index is 0.00390. The molecule has 41 heavy (non-hydrogen) atoms. The van der Waals surface area contributed by atoms with Crippen molar-refractivity contribution in [1.29, 1.82) is 10.5 Å². The Bertz CT molecular complexity index is 1470. The molecule has 0 radical (unpaired) electrons. The number of ketones is 2.